The molecule has 0 atom stereocenters. The van der Waals surface area contributed by atoms with Crippen molar-refractivity contribution in [2.24, 2.45) is 0 Å². The first-order valence-corrected chi connectivity index (χ1v) is 10.8. The number of carbonyl (C=O) groups is 1. The van der Waals surface area contributed by atoms with Crippen molar-refractivity contribution in [1.82, 2.24) is 19.9 Å². The predicted molar refractivity (Wildman–Crippen MR) is 130 cm³/mol. The minimum atomic E-state index is -0.271. The first-order chi connectivity index (χ1) is 16.4. The maximum Gasteiger partial charge on any atom is 0.259 e. The van der Waals surface area contributed by atoms with E-state index in [-0.39, 0.29) is 5.91 Å². The van der Waals surface area contributed by atoms with Gasteiger partial charge in [0.1, 0.15) is 5.75 Å². The molecule has 8 nitrogen and oxygen atoms in total. The molecule has 0 bridgehead atoms. The van der Waals surface area contributed by atoms with E-state index >= 15 is 0 Å². The number of aromatic nitrogens is 4. The fourth-order valence-corrected chi connectivity index (χ4v) is 3.96. The van der Waals surface area contributed by atoms with Crippen molar-refractivity contribution in [1.29, 1.82) is 0 Å². The number of rotatable bonds is 5. The van der Waals surface area contributed by atoms with Gasteiger partial charge in [-0.05, 0) is 81.4 Å². The zero-order valence-electron chi connectivity index (χ0n) is 19.3. The number of methoxy groups -OCH3 is 1. The van der Waals surface area contributed by atoms with Gasteiger partial charge >= 0.3 is 0 Å². The molecule has 5 rings (SSSR count). The van der Waals surface area contributed by atoms with Crippen molar-refractivity contribution < 1.29 is 14.1 Å². The Balaban J connectivity index is 1.47. The first kappa shape index (κ1) is 21.4. The summed E-state index contributed by atoms with van der Waals surface area (Å²) >= 11 is 0. The van der Waals surface area contributed by atoms with E-state index in [2.05, 4.69) is 20.6 Å². The SMILES string of the molecule is COc1ccc(-c2cc(C(=O)Nc3ccc(-n4nc(C)cc4C)cc3)c3c(C)noc3n2)cc1. The van der Waals surface area contributed by atoms with E-state index in [1.807, 2.05) is 73.1 Å². The largest absolute Gasteiger partial charge is 0.497 e. The summed E-state index contributed by atoms with van der Waals surface area (Å²) in [5.41, 5.74) is 6.39. The van der Waals surface area contributed by atoms with Crippen LogP contribution < -0.4 is 10.1 Å². The average molecular weight is 454 g/mol. The molecule has 0 aliphatic carbocycles. The Kier molecular flexibility index (Phi) is 5.33. The van der Waals surface area contributed by atoms with Crippen molar-refractivity contribution in [3.8, 4) is 22.7 Å². The smallest absolute Gasteiger partial charge is 0.259 e. The van der Waals surface area contributed by atoms with Crippen LogP contribution in [0.25, 0.3) is 28.0 Å². The number of benzene rings is 2. The van der Waals surface area contributed by atoms with E-state index in [0.29, 0.717) is 33.7 Å². The van der Waals surface area contributed by atoms with Crippen molar-refractivity contribution >= 4 is 22.7 Å². The number of aryl methyl sites for hydroxylation is 3. The highest BCUT2D eigenvalue weighted by molar-refractivity contribution is 6.13. The van der Waals surface area contributed by atoms with Gasteiger partial charge in [0.15, 0.2) is 0 Å². The van der Waals surface area contributed by atoms with Crippen LogP contribution in [-0.4, -0.2) is 32.9 Å². The fourth-order valence-electron chi connectivity index (χ4n) is 3.96. The molecule has 8 heteroatoms. The summed E-state index contributed by atoms with van der Waals surface area (Å²) < 4.78 is 12.5. The van der Waals surface area contributed by atoms with Crippen molar-refractivity contribution in [3.05, 3.63) is 83.3 Å². The maximum absolute atomic E-state index is 13.3. The molecule has 5 aromatic rings. The van der Waals surface area contributed by atoms with E-state index in [1.165, 1.54) is 0 Å². The van der Waals surface area contributed by atoms with E-state index in [9.17, 15) is 4.79 Å². The third-order valence-corrected chi connectivity index (χ3v) is 5.63. The zero-order chi connectivity index (χ0) is 23.8. The van der Waals surface area contributed by atoms with Gasteiger partial charge in [-0.2, -0.15) is 5.10 Å². The topological polar surface area (TPSA) is 95.1 Å². The molecule has 0 saturated heterocycles. The quantitative estimate of drug-likeness (QED) is 0.390. The molecule has 0 aliphatic heterocycles. The van der Waals surface area contributed by atoms with Crippen LogP contribution in [0.4, 0.5) is 5.69 Å². The van der Waals surface area contributed by atoms with E-state index < -0.39 is 0 Å². The van der Waals surface area contributed by atoms with E-state index in [0.717, 1.165) is 28.4 Å². The molecule has 0 unspecified atom stereocenters. The number of nitrogens with zero attached hydrogens (tertiary/aromatic N) is 4. The molecule has 2 aromatic carbocycles. The predicted octanol–water partition coefficient (Wildman–Crippen LogP) is 5.26. The number of carbonyl (C=O) groups excluding carboxylic acids is 1. The third-order valence-electron chi connectivity index (χ3n) is 5.63. The lowest BCUT2D eigenvalue weighted by molar-refractivity contribution is 0.102. The molecule has 170 valence electrons. The van der Waals surface area contributed by atoms with Crippen LogP contribution in [0.1, 0.15) is 27.4 Å². The monoisotopic (exact) mass is 453 g/mol. The molecule has 0 aliphatic rings. The molecule has 1 amide bonds. The molecule has 1 N–H and O–H groups in total. The molecule has 3 aromatic heterocycles. The van der Waals surface area contributed by atoms with Gasteiger partial charge in [0.25, 0.3) is 11.6 Å². The van der Waals surface area contributed by atoms with Gasteiger partial charge in [-0.3, -0.25) is 4.79 Å². The molecule has 0 fully saturated rings. The number of nitrogens with one attached hydrogen (secondary N) is 1. The third kappa shape index (κ3) is 3.90. The molecular weight excluding hydrogens is 430 g/mol. The van der Waals surface area contributed by atoms with Crippen molar-refractivity contribution in [2.45, 2.75) is 20.8 Å². The van der Waals surface area contributed by atoms with Crippen LogP contribution in [0, 0.1) is 20.8 Å². The Labute approximate surface area is 196 Å². The molecule has 0 saturated carbocycles. The lowest BCUT2D eigenvalue weighted by Gasteiger charge is -2.10. The second kappa shape index (κ2) is 8.47. The van der Waals surface area contributed by atoms with Crippen LogP contribution >= 0.6 is 0 Å². The summed E-state index contributed by atoms with van der Waals surface area (Å²) in [4.78, 5) is 17.9. The lowest BCUT2D eigenvalue weighted by atomic mass is 10.0. The molecule has 0 radical (unpaired) electrons. The summed E-state index contributed by atoms with van der Waals surface area (Å²) in [5, 5.41) is 12.1. The lowest BCUT2D eigenvalue weighted by Crippen LogP contribution is -2.13. The summed E-state index contributed by atoms with van der Waals surface area (Å²) in [6.07, 6.45) is 0. The Bertz CT molecular complexity index is 1500. The van der Waals surface area contributed by atoms with Crippen LogP contribution in [0.3, 0.4) is 0 Å². The number of anilines is 1. The van der Waals surface area contributed by atoms with Gasteiger partial charge < -0.3 is 14.6 Å². The Hall–Kier alpha value is -4.46. The number of fused-ring (bicyclic) bond motifs is 1. The average Bonchev–Trinajstić information content (AvgIpc) is 3.39. The van der Waals surface area contributed by atoms with E-state index in [1.54, 1.807) is 20.1 Å². The minimum absolute atomic E-state index is 0.271. The number of hydrogen-bond donors (Lipinski definition) is 1. The van der Waals surface area contributed by atoms with Gasteiger partial charge in [0.2, 0.25) is 0 Å². The van der Waals surface area contributed by atoms with Crippen LogP contribution in [0.2, 0.25) is 0 Å². The summed E-state index contributed by atoms with van der Waals surface area (Å²) in [7, 11) is 1.61. The highest BCUT2D eigenvalue weighted by atomic mass is 16.5. The molecule has 0 spiro atoms. The summed E-state index contributed by atoms with van der Waals surface area (Å²) in [6.45, 7) is 5.76. The Morgan fingerprint density at radius 3 is 2.38 bits per heavy atom. The van der Waals surface area contributed by atoms with Crippen molar-refractivity contribution in [2.75, 3.05) is 12.4 Å². The van der Waals surface area contributed by atoms with Gasteiger partial charge in [-0.1, -0.05) is 5.16 Å². The maximum atomic E-state index is 13.3. The van der Waals surface area contributed by atoms with Crippen molar-refractivity contribution in [3.63, 3.8) is 0 Å². The standard InChI is InChI=1S/C26H23N5O3/c1-15-13-16(2)31(29-15)20-9-7-19(8-10-20)27-25(32)22-14-23(18-5-11-21(33-4)12-6-18)28-26-24(22)17(3)30-34-26/h5-14H,1-4H3,(H,27,32). The minimum Gasteiger partial charge on any atom is -0.497 e. The first-order valence-electron chi connectivity index (χ1n) is 10.8. The molecular formula is C26H23N5O3. The number of amides is 1. The van der Waals surface area contributed by atoms with Crippen LogP contribution in [0.5, 0.6) is 5.75 Å². The highest BCUT2D eigenvalue weighted by Gasteiger charge is 2.20. The van der Waals surface area contributed by atoms with Crippen LogP contribution in [0.15, 0.2) is 65.2 Å². The zero-order valence-corrected chi connectivity index (χ0v) is 19.3. The second-order valence-corrected chi connectivity index (χ2v) is 8.07. The molecule has 34 heavy (non-hydrogen) atoms. The number of hydrogen-bond acceptors (Lipinski definition) is 6. The molecule has 3 heterocycles. The van der Waals surface area contributed by atoms with Gasteiger partial charge in [-0.25, -0.2) is 9.67 Å². The Morgan fingerprint density at radius 1 is 1.00 bits per heavy atom. The van der Waals surface area contributed by atoms with Gasteiger partial charge in [0.05, 0.1) is 40.8 Å². The second-order valence-electron chi connectivity index (χ2n) is 8.07. The number of ether oxygens (including phenoxy) is 1. The number of pyridine rings is 1. The summed E-state index contributed by atoms with van der Waals surface area (Å²) in [6, 6.07) is 18.8. The fraction of sp³-hybridized carbons (Fsp3) is 0.154. The van der Waals surface area contributed by atoms with E-state index in [4.69, 9.17) is 9.26 Å². The summed E-state index contributed by atoms with van der Waals surface area (Å²) in [5.74, 6) is 0.467. The highest BCUT2D eigenvalue weighted by Crippen LogP contribution is 2.29. The van der Waals surface area contributed by atoms with Gasteiger partial charge in [0, 0.05) is 16.9 Å². The van der Waals surface area contributed by atoms with Crippen LogP contribution in [-0.2, 0) is 0 Å². The normalized spacial score (nSPS) is 11.1. The Morgan fingerprint density at radius 2 is 1.74 bits per heavy atom. The van der Waals surface area contributed by atoms with Gasteiger partial charge in [-0.15, -0.1) is 0 Å².